The van der Waals surface area contributed by atoms with Gasteiger partial charge in [0.25, 0.3) is 5.69 Å². The van der Waals surface area contributed by atoms with Gasteiger partial charge in [0.1, 0.15) is 0 Å². The van der Waals surface area contributed by atoms with E-state index in [-0.39, 0.29) is 5.69 Å². The van der Waals surface area contributed by atoms with Gasteiger partial charge in [-0.3, -0.25) is 15.1 Å². The fourth-order valence-electron chi connectivity index (χ4n) is 1.50. The minimum absolute atomic E-state index is 0.0799. The van der Waals surface area contributed by atoms with Gasteiger partial charge in [0, 0.05) is 24.5 Å². The van der Waals surface area contributed by atoms with Gasteiger partial charge >= 0.3 is 0 Å². The van der Waals surface area contributed by atoms with E-state index in [1.165, 1.54) is 12.1 Å². The van der Waals surface area contributed by atoms with Crippen molar-refractivity contribution in [2.45, 2.75) is 0 Å². The molecule has 0 fully saturated rings. The Bertz CT molecular complexity index is 547. The zero-order valence-electron chi connectivity index (χ0n) is 9.04. The summed E-state index contributed by atoms with van der Waals surface area (Å²) in [5.74, 6) is 0. The van der Waals surface area contributed by atoms with Crippen LogP contribution in [0, 0.1) is 10.1 Å². The molecule has 0 saturated heterocycles. The van der Waals surface area contributed by atoms with Crippen LogP contribution < -0.4 is 0 Å². The van der Waals surface area contributed by atoms with Crippen LogP contribution in [0.1, 0.15) is 11.1 Å². The molecule has 4 heteroatoms. The fraction of sp³-hybridized carbons (Fsp3) is 0. The monoisotopic (exact) mass is 226 g/mol. The molecular formula is C13H10N2O2. The molecular weight excluding hydrogens is 216 g/mol. The zero-order chi connectivity index (χ0) is 12.3. The molecule has 0 N–H and O–H groups in total. The smallest absolute Gasteiger partial charge is 0.265 e. The lowest BCUT2D eigenvalue weighted by Gasteiger charge is -2.05. The Hall–Kier alpha value is -2.49. The summed E-state index contributed by atoms with van der Waals surface area (Å²) in [7, 11) is 0. The van der Waals surface area contributed by atoms with Gasteiger partial charge in [-0.05, 0) is 41.0 Å². The highest BCUT2D eigenvalue weighted by atomic mass is 16.6. The van der Waals surface area contributed by atoms with Gasteiger partial charge in [-0.2, -0.15) is 0 Å². The lowest BCUT2D eigenvalue weighted by Crippen LogP contribution is -1.90. The number of nitro groups is 1. The van der Waals surface area contributed by atoms with Crippen LogP contribution in [0.25, 0.3) is 5.57 Å². The molecule has 1 aromatic carbocycles. The molecule has 0 atom stereocenters. The minimum atomic E-state index is -0.418. The molecule has 0 aliphatic rings. The van der Waals surface area contributed by atoms with Crippen molar-refractivity contribution in [3.8, 4) is 0 Å². The first-order chi connectivity index (χ1) is 8.18. The average Bonchev–Trinajstić information content (AvgIpc) is 2.39. The van der Waals surface area contributed by atoms with Crippen LogP contribution in [0.3, 0.4) is 0 Å². The molecule has 0 amide bonds. The first-order valence-electron chi connectivity index (χ1n) is 5.02. The number of hydrogen-bond donors (Lipinski definition) is 0. The van der Waals surface area contributed by atoms with Crippen molar-refractivity contribution in [3.05, 3.63) is 76.6 Å². The highest BCUT2D eigenvalue weighted by Crippen LogP contribution is 2.22. The number of nitrogens with zero attached hydrogens (tertiary/aromatic N) is 2. The molecule has 0 saturated carbocycles. The van der Waals surface area contributed by atoms with Crippen molar-refractivity contribution in [1.82, 2.24) is 4.98 Å². The van der Waals surface area contributed by atoms with Gasteiger partial charge < -0.3 is 0 Å². The molecule has 1 heterocycles. The number of nitro benzene ring substituents is 1. The average molecular weight is 226 g/mol. The quantitative estimate of drug-likeness (QED) is 0.597. The van der Waals surface area contributed by atoms with E-state index < -0.39 is 4.92 Å². The summed E-state index contributed by atoms with van der Waals surface area (Å²) in [6, 6.07) is 10.0. The van der Waals surface area contributed by atoms with E-state index in [2.05, 4.69) is 11.6 Å². The van der Waals surface area contributed by atoms with Gasteiger partial charge in [-0.1, -0.05) is 6.58 Å². The first kappa shape index (κ1) is 11.0. The predicted octanol–water partition coefficient (Wildman–Crippen LogP) is 3.05. The Kier molecular flexibility index (Phi) is 2.96. The van der Waals surface area contributed by atoms with Gasteiger partial charge in [-0.15, -0.1) is 0 Å². The summed E-state index contributed by atoms with van der Waals surface area (Å²) < 4.78 is 0. The van der Waals surface area contributed by atoms with Gasteiger partial charge in [0.2, 0.25) is 0 Å². The number of benzene rings is 1. The van der Waals surface area contributed by atoms with E-state index in [0.29, 0.717) is 0 Å². The highest BCUT2D eigenvalue weighted by Gasteiger charge is 2.06. The molecule has 0 aliphatic heterocycles. The number of non-ortho nitro benzene ring substituents is 1. The minimum Gasteiger partial charge on any atom is -0.265 e. The standard InChI is InChI=1S/C13H10N2O2/c1-10(12-6-8-14-9-7-12)11-2-4-13(5-3-11)15(16)17/h2-9H,1H2. The van der Waals surface area contributed by atoms with Crippen LogP contribution in [-0.4, -0.2) is 9.91 Å². The Balaban J connectivity index is 2.30. The van der Waals surface area contributed by atoms with E-state index >= 15 is 0 Å². The van der Waals surface area contributed by atoms with Crippen molar-refractivity contribution >= 4 is 11.3 Å². The Morgan fingerprint density at radius 2 is 1.59 bits per heavy atom. The molecule has 0 aliphatic carbocycles. The van der Waals surface area contributed by atoms with E-state index in [0.717, 1.165) is 16.7 Å². The Morgan fingerprint density at radius 3 is 2.12 bits per heavy atom. The number of aromatic nitrogens is 1. The second-order valence-corrected chi connectivity index (χ2v) is 3.52. The second kappa shape index (κ2) is 4.57. The van der Waals surface area contributed by atoms with Crippen LogP contribution in [0.4, 0.5) is 5.69 Å². The van der Waals surface area contributed by atoms with E-state index in [4.69, 9.17) is 0 Å². The molecule has 0 radical (unpaired) electrons. The number of hydrogen-bond acceptors (Lipinski definition) is 3. The maximum Gasteiger partial charge on any atom is 0.269 e. The molecule has 2 aromatic rings. The van der Waals surface area contributed by atoms with Crippen LogP contribution in [0.5, 0.6) is 0 Å². The van der Waals surface area contributed by atoms with Gasteiger partial charge in [0.15, 0.2) is 0 Å². The topological polar surface area (TPSA) is 56.0 Å². The third-order valence-corrected chi connectivity index (χ3v) is 2.46. The van der Waals surface area contributed by atoms with Crippen molar-refractivity contribution in [2.24, 2.45) is 0 Å². The molecule has 0 unspecified atom stereocenters. The van der Waals surface area contributed by atoms with E-state index in [1.807, 2.05) is 12.1 Å². The van der Waals surface area contributed by atoms with Crippen LogP contribution >= 0.6 is 0 Å². The number of rotatable bonds is 3. The van der Waals surface area contributed by atoms with Crippen molar-refractivity contribution in [3.63, 3.8) is 0 Å². The maximum atomic E-state index is 10.5. The summed E-state index contributed by atoms with van der Waals surface area (Å²) in [6.45, 7) is 3.97. The van der Waals surface area contributed by atoms with Crippen molar-refractivity contribution in [1.29, 1.82) is 0 Å². The SMILES string of the molecule is C=C(c1ccncc1)c1ccc([N+](=O)[O-])cc1. The maximum absolute atomic E-state index is 10.5. The summed E-state index contributed by atoms with van der Waals surface area (Å²) >= 11 is 0. The van der Waals surface area contributed by atoms with Gasteiger partial charge in [-0.25, -0.2) is 0 Å². The van der Waals surface area contributed by atoms with Gasteiger partial charge in [0.05, 0.1) is 4.92 Å². The zero-order valence-corrected chi connectivity index (χ0v) is 9.04. The van der Waals surface area contributed by atoms with Crippen LogP contribution in [-0.2, 0) is 0 Å². The molecule has 17 heavy (non-hydrogen) atoms. The second-order valence-electron chi connectivity index (χ2n) is 3.52. The molecule has 1 aromatic heterocycles. The molecule has 84 valence electrons. The van der Waals surface area contributed by atoms with E-state index in [1.54, 1.807) is 24.5 Å². The Labute approximate surface area is 98.4 Å². The van der Waals surface area contributed by atoms with Crippen molar-refractivity contribution < 1.29 is 4.92 Å². The normalized spacial score (nSPS) is 9.88. The highest BCUT2D eigenvalue weighted by molar-refractivity contribution is 5.78. The van der Waals surface area contributed by atoms with Crippen molar-refractivity contribution in [2.75, 3.05) is 0 Å². The Morgan fingerprint density at radius 1 is 1.06 bits per heavy atom. The third kappa shape index (κ3) is 2.36. The van der Waals surface area contributed by atoms with E-state index in [9.17, 15) is 10.1 Å². The van der Waals surface area contributed by atoms with Crippen LogP contribution in [0.15, 0.2) is 55.4 Å². The molecule has 0 spiro atoms. The summed E-state index contributed by atoms with van der Waals surface area (Å²) in [5, 5.41) is 10.5. The molecule has 0 bridgehead atoms. The molecule has 2 rings (SSSR count). The largest absolute Gasteiger partial charge is 0.269 e. The first-order valence-corrected chi connectivity index (χ1v) is 5.02. The molecule has 4 nitrogen and oxygen atoms in total. The lowest BCUT2D eigenvalue weighted by atomic mass is 10.0. The fourth-order valence-corrected chi connectivity index (χ4v) is 1.50. The summed E-state index contributed by atoms with van der Waals surface area (Å²) in [6.07, 6.45) is 3.37. The number of pyridine rings is 1. The third-order valence-electron chi connectivity index (χ3n) is 2.46. The predicted molar refractivity (Wildman–Crippen MR) is 65.5 cm³/mol. The lowest BCUT2D eigenvalue weighted by molar-refractivity contribution is -0.384. The van der Waals surface area contributed by atoms with Crippen LogP contribution in [0.2, 0.25) is 0 Å². The summed E-state index contributed by atoms with van der Waals surface area (Å²) in [4.78, 5) is 14.0. The summed E-state index contributed by atoms with van der Waals surface area (Å²) in [5.41, 5.74) is 2.72.